The number of esters is 1. The van der Waals surface area contributed by atoms with E-state index < -0.39 is 0 Å². The van der Waals surface area contributed by atoms with Gasteiger partial charge >= 0.3 is 5.97 Å². The smallest absolute Gasteiger partial charge is 0.311 e. The third-order valence-corrected chi connectivity index (χ3v) is 3.12. The fraction of sp³-hybridized carbons (Fsp3) is 0.714. The number of ether oxygens (including phenoxy) is 1. The Morgan fingerprint density at radius 3 is 2.74 bits per heavy atom. The standard InChI is InChI=1S/C14H26N3O2/c1-5-10-19-14(18)7-9-17(3,4)8-6-13-11-16(2)12-15-13/h11-12H,5-10H2,1-4H3/q+1. The summed E-state index contributed by atoms with van der Waals surface area (Å²) in [6.45, 7) is 4.30. The van der Waals surface area contributed by atoms with Crippen molar-refractivity contribution < 1.29 is 14.0 Å². The molecule has 5 nitrogen and oxygen atoms in total. The van der Waals surface area contributed by atoms with E-state index in [-0.39, 0.29) is 5.97 Å². The molecule has 0 saturated heterocycles. The molecule has 0 aliphatic heterocycles. The number of hydrogen-bond donors (Lipinski definition) is 0. The molecule has 1 aromatic rings. The molecule has 0 aromatic carbocycles. The Hall–Kier alpha value is -1.36. The van der Waals surface area contributed by atoms with Crippen LogP contribution >= 0.6 is 0 Å². The SMILES string of the molecule is CCCOC(=O)CC[N+](C)(C)CCc1cn(C)cn1. The summed E-state index contributed by atoms with van der Waals surface area (Å²) >= 11 is 0. The second-order valence-corrected chi connectivity index (χ2v) is 5.63. The summed E-state index contributed by atoms with van der Waals surface area (Å²) in [6, 6.07) is 0. The minimum Gasteiger partial charge on any atom is -0.466 e. The van der Waals surface area contributed by atoms with Crippen LogP contribution in [-0.4, -0.2) is 53.8 Å². The summed E-state index contributed by atoms with van der Waals surface area (Å²) in [6.07, 6.45) is 6.14. The van der Waals surface area contributed by atoms with Crippen LogP contribution in [0.15, 0.2) is 12.5 Å². The maximum Gasteiger partial charge on any atom is 0.311 e. The molecule has 0 bridgehead atoms. The number of carbonyl (C=O) groups is 1. The minimum absolute atomic E-state index is 0.0918. The van der Waals surface area contributed by atoms with Crippen molar-refractivity contribution in [3.63, 3.8) is 0 Å². The molecule has 108 valence electrons. The van der Waals surface area contributed by atoms with E-state index in [0.29, 0.717) is 13.0 Å². The van der Waals surface area contributed by atoms with Crippen molar-refractivity contribution in [3.8, 4) is 0 Å². The maximum atomic E-state index is 11.5. The number of hydrogen-bond acceptors (Lipinski definition) is 3. The largest absolute Gasteiger partial charge is 0.466 e. The van der Waals surface area contributed by atoms with Gasteiger partial charge in [0.05, 0.1) is 52.2 Å². The molecular formula is C14H26N3O2+. The minimum atomic E-state index is -0.0918. The molecule has 0 fully saturated rings. The molecule has 0 saturated carbocycles. The van der Waals surface area contributed by atoms with Crippen LogP contribution in [0.5, 0.6) is 0 Å². The first-order valence-electron chi connectivity index (χ1n) is 6.87. The van der Waals surface area contributed by atoms with Crippen LogP contribution in [0.4, 0.5) is 0 Å². The normalized spacial score (nSPS) is 11.6. The van der Waals surface area contributed by atoms with E-state index in [9.17, 15) is 4.79 Å². The van der Waals surface area contributed by atoms with Crippen molar-refractivity contribution in [1.29, 1.82) is 0 Å². The Morgan fingerprint density at radius 1 is 1.42 bits per heavy atom. The fourth-order valence-electron chi connectivity index (χ4n) is 1.81. The number of carbonyl (C=O) groups excluding carboxylic acids is 1. The molecule has 19 heavy (non-hydrogen) atoms. The molecule has 0 spiro atoms. The van der Waals surface area contributed by atoms with Crippen molar-refractivity contribution in [2.75, 3.05) is 33.8 Å². The quantitative estimate of drug-likeness (QED) is 0.528. The highest BCUT2D eigenvalue weighted by Gasteiger charge is 2.18. The fourth-order valence-corrected chi connectivity index (χ4v) is 1.81. The van der Waals surface area contributed by atoms with Crippen LogP contribution in [0.3, 0.4) is 0 Å². The molecule has 1 rings (SSSR count). The van der Waals surface area contributed by atoms with Crippen molar-refractivity contribution in [1.82, 2.24) is 9.55 Å². The Balaban J connectivity index is 2.29. The maximum absolute atomic E-state index is 11.5. The number of aryl methyl sites for hydroxylation is 1. The number of quaternary nitrogens is 1. The van der Waals surface area contributed by atoms with Gasteiger partial charge in [-0.25, -0.2) is 4.98 Å². The highest BCUT2D eigenvalue weighted by atomic mass is 16.5. The summed E-state index contributed by atoms with van der Waals surface area (Å²) in [4.78, 5) is 15.8. The third-order valence-electron chi connectivity index (χ3n) is 3.12. The Bertz CT molecular complexity index is 399. The molecule has 1 heterocycles. The van der Waals surface area contributed by atoms with E-state index in [1.54, 1.807) is 0 Å². The van der Waals surface area contributed by atoms with Crippen LogP contribution in [0, 0.1) is 0 Å². The zero-order valence-electron chi connectivity index (χ0n) is 12.6. The lowest BCUT2D eigenvalue weighted by molar-refractivity contribution is -0.889. The van der Waals surface area contributed by atoms with Crippen LogP contribution in [0.2, 0.25) is 0 Å². The summed E-state index contributed by atoms with van der Waals surface area (Å²) < 4.78 is 7.85. The second kappa shape index (κ2) is 7.28. The molecule has 0 unspecified atom stereocenters. The number of imidazole rings is 1. The van der Waals surface area contributed by atoms with E-state index in [4.69, 9.17) is 4.74 Å². The summed E-state index contributed by atoms with van der Waals surface area (Å²) in [7, 11) is 6.24. The van der Waals surface area contributed by atoms with Crippen LogP contribution in [0.25, 0.3) is 0 Å². The van der Waals surface area contributed by atoms with Gasteiger partial charge in [-0.05, 0) is 6.42 Å². The van der Waals surface area contributed by atoms with Gasteiger partial charge in [-0.1, -0.05) is 6.92 Å². The molecule has 0 amide bonds. The van der Waals surface area contributed by atoms with Crippen molar-refractivity contribution in [3.05, 3.63) is 18.2 Å². The lowest BCUT2D eigenvalue weighted by atomic mass is 10.2. The van der Waals surface area contributed by atoms with Gasteiger partial charge in [-0.2, -0.15) is 0 Å². The zero-order chi connectivity index (χ0) is 14.3. The summed E-state index contributed by atoms with van der Waals surface area (Å²) in [5.41, 5.74) is 1.10. The Labute approximate surface area is 115 Å². The van der Waals surface area contributed by atoms with E-state index in [1.165, 1.54) is 0 Å². The van der Waals surface area contributed by atoms with Gasteiger partial charge in [0.1, 0.15) is 0 Å². The van der Waals surface area contributed by atoms with Crippen LogP contribution in [-0.2, 0) is 23.0 Å². The summed E-state index contributed by atoms with van der Waals surface area (Å²) in [5.74, 6) is -0.0918. The van der Waals surface area contributed by atoms with Crippen molar-refractivity contribution in [2.45, 2.75) is 26.2 Å². The number of nitrogens with zero attached hydrogens (tertiary/aromatic N) is 3. The lowest BCUT2D eigenvalue weighted by Gasteiger charge is -2.29. The van der Waals surface area contributed by atoms with Gasteiger partial charge in [0.15, 0.2) is 0 Å². The summed E-state index contributed by atoms with van der Waals surface area (Å²) in [5, 5.41) is 0. The van der Waals surface area contributed by atoms with Gasteiger partial charge in [0, 0.05) is 19.7 Å². The molecule has 5 heteroatoms. The first kappa shape index (κ1) is 15.7. The van der Waals surface area contributed by atoms with E-state index in [0.717, 1.165) is 36.1 Å². The average Bonchev–Trinajstić information content (AvgIpc) is 2.78. The Morgan fingerprint density at radius 2 is 2.16 bits per heavy atom. The van der Waals surface area contributed by atoms with Crippen LogP contribution < -0.4 is 0 Å². The average molecular weight is 268 g/mol. The number of rotatable bonds is 8. The topological polar surface area (TPSA) is 44.1 Å². The van der Waals surface area contributed by atoms with Gasteiger partial charge in [0.2, 0.25) is 0 Å². The van der Waals surface area contributed by atoms with E-state index >= 15 is 0 Å². The van der Waals surface area contributed by atoms with Gasteiger partial charge in [-0.15, -0.1) is 0 Å². The van der Waals surface area contributed by atoms with Crippen molar-refractivity contribution in [2.24, 2.45) is 7.05 Å². The van der Waals surface area contributed by atoms with E-state index in [2.05, 4.69) is 19.1 Å². The van der Waals surface area contributed by atoms with Crippen molar-refractivity contribution >= 4 is 5.97 Å². The predicted octanol–water partition coefficient (Wildman–Crippen LogP) is 1.38. The first-order valence-corrected chi connectivity index (χ1v) is 6.87. The van der Waals surface area contributed by atoms with Crippen LogP contribution in [0.1, 0.15) is 25.5 Å². The molecule has 1 aromatic heterocycles. The number of aromatic nitrogens is 2. The third kappa shape index (κ3) is 6.38. The molecule has 0 aliphatic rings. The number of likely N-dealkylation sites (N-methyl/N-ethyl adjacent to an activating group) is 1. The monoisotopic (exact) mass is 268 g/mol. The predicted molar refractivity (Wildman–Crippen MR) is 74.6 cm³/mol. The van der Waals surface area contributed by atoms with Gasteiger partial charge < -0.3 is 13.8 Å². The first-order chi connectivity index (χ1) is 8.93. The second-order valence-electron chi connectivity index (χ2n) is 5.63. The molecule has 0 N–H and O–H groups in total. The molecular weight excluding hydrogens is 242 g/mol. The molecule has 0 atom stereocenters. The van der Waals surface area contributed by atoms with E-state index in [1.807, 2.05) is 31.1 Å². The van der Waals surface area contributed by atoms with Gasteiger partial charge in [0.25, 0.3) is 0 Å². The highest BCUT2D eigenvalue weighted by molar-refractivity contribution is 5.69. The zero-order valence-corrected chi connectivity index (χ0v) is 12.6. The van der Waals surface area contributed by atoms with Gasteiger partial charge in [-0.3, -0.25) is 4.79 Å². The highest BCUT2D eigenvalue weighted by Crippen LogP contribution is 2.05. The molecule has 0 radical (unpaired) electrons. The Kier molecular flexibility index (Phi) is 6.02. The lowest BCUT2D eigenvalue weighted by Crippen LogP contribution is -2.43. The molecule has 0 aliphatic carbocycles.